The molecule has 1 aliphatic heterocycles. The summed E-state index contributed by atoms with van der Waals surface area (Å²) in [5, 5.41) is 10.3. The highest BCUT2D eigenvalue weighted by Gasteiger charge is 2.43. The molecule has 1 saturated heterocycles. The minimum absolute atomic E-state index is 0.126. The first-order valence-corrected chi connectivity index (χ1v) is 13.6. The maximum atomic E-state index is 13.2. The van der Waals surface area contributed by atoms with Crippen LogP contribution in [0.1, 0.15) is 22.3 Å². The third-order valence-corrected chi connectivity index (χ3v) is 7.27. The lowest BCUT2D eigenvalue weighted by atomic mass is 10.0. The van der Waals surface area contributed by atoms with E-state index in [-0.39, 0.29) is 30.0 Å². The molecule has 0 saturated carbocycles. The Morgan fingerprint density at radius 1 is 0.756 bits per heavy atom. The number of benzene rings is 2. The summed E-state index contributed by atoms with van der Waals surface area (Å²) in [6.07, 6.45) is -2.11. The quantitative estimate of drug-likeness (QED) is 0.171. The maximum Gasteiger partial charge on any atom is 0.410 e. The summed E-state index contributed by atoms with van der Waals surface area (Å²) in [6, 6.07) is 4.78. The van der Waals surface area contributed by atoms with Crippen molar-refractivity contribution in [3.63, 3.8) is 0 Å². The second kappa shape index (κ2) is 15.5. The standard InChI is InChI=1S/C30H39NO14/c1-36-22-9-17(10-23(37-2)26(22)40-5)21(33)15-44-28(34)20-13-19(32)14-31(20)29(35)45-16-30(42-7,43-8)18-11-24(38-3)27(41-6)25(12-18)39-4/h9-12,19-20,32H,13-16H2,1-8H3/t19-,20+/m1/s1. The zero-order chi connectivity index (χ0) is 33.3. The summed E-state index contributed by atoms with van der Waals surface area (Å²) in [4.78, 5) is 40.2. The minimum Gasteiger partial charge on any atom is -0.493 e. The fourth-order valence-corrected chi connectivity index (χ4v) is 4.86. The van der Waals surface area contributed by atoms with Gasteiger partial charge in [0.1, 0.15) is 6.04 Å². The number of ketones is 1. The lowest BCUT2D eigenvalue weighted by molar-refractivity contribution is -0.237. The molecule has 0 radical (unpaired) electrons. The summed E-state index contributed by atoms with van der Waals surface area (Å²) < 4.78 is 54.0. The van der Waals surface area contributed by atoms with E-state index in [9.17, 15) is 19.5 Å². The van der Waals surface area contributed by atoms with E-state index in [4.69, 9.17) is 47.4 Å². The molecule has 1 fully saturated rings. The predicted molar refractivity (Wildman–Crippen MR) is 156 cm³/mol. The van der Waals surface area contributed by atoms with Crippen LogP contribution in [-0.4, -0.2) is 117 Å². The monoisotopic (exact) mass is 637 g/mol. The zero-order valence-corrected chi connectivity index (χ0v) is 26.5. The molecule has 2 aromatic carbocycles. The van der Waals surface area contributed by atoms with E-state index < -0.39 is 49.0 Å². The number of amides is 1. The SMILES string of the molecule is COc1cc(C(=O)COC(=O)[C@@H]2C[C@@H](O)CN2C(=O)OCC(OC)(OC)c2cc(OC)c(OC)c(OC)c2)cc(OC)c1OC. The van der Waals surface area contributed by atoms with Gasteiger partial charge in [0.15, 0.2) is 36.2 Å². The van der Waals surface area contributed by atoms with Gasteiger partial charge in [0.25, 0.3) is 0 Å². The number of methoxy groups -OCH3 is 8. The van der Waals surface area contributed by atoms with E-state index in [2.05, 4.69) is 0 Å². The van der Waals surface area contributed by atoms with Gasteiger partial charge in [0.05, 0.1) is 55.3 Å². The van der Waals surface area contributed by atoms with Crippen molar-refractivity contribution in [1.29, 1.82) is 0 Å². The van der Waals surface area contributed by atoms with Crippen LogP contribution in [0.25, 0.3) is 0 Å². The van der Waals surface area contributed by atoms with E-state index in [1.165, 1.54) is 69.0 Å². The summed E-state index contributed by atoms with van der Waals surface area (Å²) in [7, 11) is 11.3. The number of ether oxygens (including phenoxy) is 10. The van der Waals surface area contributed by atoms with E-state index in [1.54, 1.807) is 12.1 Å². The summed E-state index contributed by atoms with van der Waals surface area (Å²) >= 11 is 0. The second-order valence-corrected chi connectivity index (χ2v) is 9.63. The molecule has 0 unspecified atom stereocenters. The molecule has 0 aromatic heterocycles. The lowest BCUT2D eigenvalue weighted by Gasteiger charge is -2.32. The number of aliphatic hydroxyl groups is 1. The van der Waals surface area contributed by atoms with Crippen molar-refractivity contribution in [2.24, 2.45) is 0 Å². The molecule has 15 heteroatoms. The van der Waals surface area contributed by atoms with Gasteiger partial charge < -0.3 is 52.5 Å². The van der Waals surface area contributed by atoms with Crippen LogP contribution < -0.4 is 28.4 Å². The van der Waals surface area contributed by atoms with Gasteiger partial charge in [0, 0.05) is 31.8 Å². The molecule has 1 amide bonds. The van der Waals surface area contributed by atoms with Gasteiger partial charge in [-0.25, -0.2) is 9.59 Å². The van der Waals surface area contributed by atoms with Crippen molar-refractivity contribution in [1.82, 2.24) is 4.90 Å². The molecule has 1 N–H and O–H groups in total. The Balaban J connectivity index is 1.74. The summed E-state index contributed by atoms with van der Waals surface area (Å²) in [6.45, 7) is -1.33. The molecule has 3 rings (SSSR count). The Labute approximate surface area is 260 Å². The van der Waals surface area contributed by atoms with Crippen LogP contribution in [0, 0.1) is 0 Å². The predicted octanol–water partition coefficient (Wildman–Crippen LogP) is 2.18. The molecule has 1 heterocycles. The van der Waals surface area contributed by atoms with Gasteiger partial charge in [-0.1, -0.05) is 0 Å². The maximum absolute atomic E-state index is 13.2. The number of carbonyl (C=O) groups is 3. The largest absolute Gasteiger partial charge is 0.493 e. The third-order valence-electron chi connectivity index (χ3n) is 7.27. The number of hydrogen-bond acceptors (Lipinski definition) is 14. The Morgan fingerprint density at radius 3 is 1.69 bits per heavy atom. The fraction of sp³-hybridized carbons (Fsp3) is 0.500. The van der Waals surface area contributed by atoms with Gasteiger partial charge in [-0.15, -0.1) is 0 Å². The highest BCUT2D eigenvalue weighted by atomic mass is 16.7. The van der Waals surface area contributed by atoms with Crippen LogP contribution in [0.4, 0.5) is 4.79 Å². The summed E-state index contributed by atoms with van der Waals surface area (Å²) in [5.41, 5.74) is 0.514. The Bertz CT molecular complexity index is 1310. The number of rotatable bonds is 15. The van der Waals surface area contributed by atoms with Gasteiger partial charge in [-0.2, -0.15) is 0 Å². The van der Waals surface area contributed by atoms with E-state index in [0.717, 1.165) is 4.90 Å². The highest BCUT2D eigenvalue weighted by Crippen LogP contribution is 2.42. The van der Waals surface area contributed by atoms with Crippen molar-refractivity contribution in [3.05, 3.63) is 35.4 Å². The Morgan fingerprint density at radius 2 is 1.24 bits per heavy atom. The minimum atomic E-state index is -1.62. The number of carbonyl (C=O) groups excluding carboxylic acids is 3. The van der Waals surface area contributed by atoms with Crippen molar-refractivity contribution in [3.8, 4) is 34.5 Å². The molecule has 248 valence electrons. The van der Waals surface area contributed by atoms with Crippen LogP contribution in [0.3, 0.4) is 0 Å². The van der Waals surface area contributed by atoms with Crippen LogP contribution in [0.2, 0.25) is 0 Å². The van der Waals surface area contributed by atoms with Crippen LogP contribution >= 0.6 is 0 Å². The van der Waals surface area contributed by atoms with Crippen molar-refractivity contribution in [2.75, 3.05) is 76.6 Å². The van der Waals surface area contributed by atoms with Crippen LogP contribution in [0.15, 0.2) is 24.3 Å². The van der Waals surface area contributed by atoms with Gasteiger partial charge in [-0.3, -0.25) is 9.69 Å². The topological polar surface area (TPSA) is 167 Å². The Kier molecular flexibility index (Phi) is 12.1. The van der Waals surface area contributed by atoms with E-state index in [1.807, 2.05) is 0 Å². The zero-order valence-electron chi connectivity index (χ0n) is 26.5. The molecule has 2 atom stereocenters. The number of β-amino-alcohol motifs (C(OH)–C–C–N with tert-alkyl or cyclic N) is 1. The first-order chi connectivity index (χ1) is 21.6. The smallest absolute Gasteiger partial charge is 0.410 e. The third kappa shape index (κ3) is 7.44. The Hall–Kier alpha value is -4.47. The molecular formula is C30H39NO14. The van der Waals surface area contributed by atoms with Gasteiger partial charge in [-0.05, 0) is 24.3 Å². The molecule has 45 heavy (non-hydrogen) atoms. The van der Waals surface area contributed by atoms with Crippen LogP contribution in [-0.2, 0) is 29.5 Å². The van der Waals surface area contributed by atoms with Crippen molar-refractivity contribution in [2.45, 2.75) is 24.4 Å². The van der Waals surface area contributed by atoms with Gasteiger partial charge >= 0.3 is 12.1 Å². The first-order valence-electron chi connectivity index (χ1n) is 13.6. The number of nitrogens with zero attached hydrogens (tertiary/aromatic N) is 1. The molecule has 0 bridgehead atoms. The normalized spacial score (nSPS) is 16.1. The van der Waals surface area contributed by atoms with E-state index in [0.29, 0.717) is 28.6 Å². The fourth-order valence-electron chi connectivity index (χ4n) is 4.86. The average molecular weight is 638 g/mol. The number of aliphatic hydroxyl groups excluding tert-OH is 1. The van der Waals surface area contributed by atoms with Crippen LogP contribution in [0.5, 0.6) is 34.5 Å². The molecule has 1 aliphatic rings. The lowest BCUT2D eigenvalue weighted by Crippen LogP contribution is -2.45. The van der Waals surface area contributed by atoms with Crippen molar-refractivity contribution >= 4 is 17.8 Å². The molecule has 15 nitrogen and oxygen atoms in total. The average Bonchev–Trinajstić information content (AvgIpc) is 3.47. The number of esters is 1. The number of Topliss-reactive ketones (excluding diaryl/α,β-unsaturated/α-hetero) is 1. The van der Waals surface area contributed by atoms with Gasteiger partial charge in [0.2, 0.25) is 23.1 Å². The highest BCUT2D eigenvalue weighted by molar-refractivity contribution is 5.99. The first kappa shape index (κ1) is 35.0. The number of likely N-dealkylation sites (tertiary alicyclic amines) is 1. The van der Waals surface area contributed by atoms with Crippen molar-refractivity contribution < 1.29 is 66.9 Å². The summed E-state index contributed by atoms with van der Waals surface area (Å²) in [5.74, 6) is -1.36. The molecule has 0 spiro atoms. The molecular weight excluding hydrogens is 598 g/mol. The molecule has 0 aliphatic carbocycles. The molecule has 2 aromatic rings. The van der Waals surface area contributed by atoms with E-state index >= 15 is 0 Å². The second-order valence-electron chi connectivity index (χ2n) is 9.63. The number of hydrogen-bond donors (Lipinski definition) is 1.